The van der Waals surface area contributed by atoms with Gasteiger partial charge in [0.25, 0.3) is 0 Å². The van der Waals surface area contributed by atoms with Crippen molar-refractivity contribution in [2.24, 2.45) is 0 Å². The van der Waals surface area contributed by atoms with Crippen molar-refractivity contribution in [1.29, 1.82) is 0 Å². The Morgan fingerprint density at radius 2 is 0.692 bits per heavy atom. The smallest absolute Gasteiger partial charge is 0.306 e. The molecule has 0 aliphatic rings. The molecule has 0 rings (SSSR count). The van der Waals surface area contributed by atoms with Gasteiger partial charge in [0.15, 0.2) is 12.4 Å². The van der Waals surface area contributed by atoms with Gasteiger partial charge in [0, 0.05) is 12.8 Å². The fraction of sp³-hybridized carbons (Fsp3) is 0.899. The Hall–Kier alpha value is -2.23. The van der Waals surface area contributed by atoms with Gasteiger partial charge in [-0.15, -0.1) is 0 Å². The summed E-state index contributed by atoms with van der Waals surface area (Å²) in [6.45, 7) is 4.81. The summed E-state index contributed by atoms with van der Waals surface area (Å²) < 4.78 is 22.8. The van der Waals surface area contributed by atoms with Crippen molar-refractivity contribution in [1.82, 2.24) is 0 Å². The van der Waals surface area contributed by atoms with E-state index in [2.05, 4.69) is 38.2 Å². The lowest BCUT2D eigenvalue weighted by molar-refractivity contribution is -0.870. The molecular formula is C69H131NO8. The Morgan fingerprint density at radius 3 is 1.01 bits per heavy atom. The summed E-state index contributed by atoms with van der Waals surface area (Å²) in [7, 11) is 5.94. The standard InChI is InChI=1S/C69H131NO8/c1-6-8-10-12-14-16-18-20-22-24-26-27-28-29-30-31-32-33-34-35-36-37-38-39-40-41-42-44-46-48-50-52-54-56-58-60-67(72)78-65(64-77-69(68(73)74)75-62-61-70(3,4)5)63-76-66(71)59-57-55-53-51-49-47-45-43-25-23-21-19-17-15-13-11-9-7-2/h18,20,24,26,65,69H,6-17,19,21-23,25,27-64H2,1-5H3/b20-18-,26-24-. The molecule has 0 aliphatic heterocycles. The minimum absolute atomic E-state index is 0.152. The third-order valence-electron chi connectivity index (χ3n) is 15.5. The predicted octanol–water partition coefficient (Wildman–Crippen LogP) is 19.3. The SMILES string of the molecule is CCCCCCC/C=C\C/C=C\CCCCCCCCCCCCCCCCCCCCCCCCCC(=O)OC(COC(=O)CCCCCCCCCCCCCCCCCCCC)COC(OCC[N+](C)(C)C)C(=O)[O-]. The summed E-state index contributed by atoms with van der Waals surface area (Å²) in [5.74, 6) is -2.25. The number of rotatable bonds is 64. The van der Waals surface area contributed by atoms with Crippen molar-refractivity contribution < 1.29 is 42.9 Å². The largest absolute Gasteiger partial charge is 0.545 e. The van der Waals surface area contributed by atoms with Crippen LogP contribution in [0.5, 0.6) is 0 Å². The van der Waals surface area contributed by atoms with Crippen LogP contribution in [0.2, 0.25) is 0 Å². The molecule has 0 saturated heterocycles. The second-order valence-electron chi connectivity index (χ2n) is 24.5. The van der Waals surface area contributed by atoms with Crippen LogP contribution in [-0.2, 0) is 33.3 Å². The average molecular weight is 1100 g/mol. The van der Waals surface area contributed by atoms with E-state index < -0.39 is 24.3 Å². The van der Waals surface area contributed by atoms with Gasteiger partial charge in [-0.05, 0) is 44.9 Å². The number of carbonyl (C=O) groups is 3. The van der Waals surface area contributed by atoms with Gasteiger partial charge in [0.05, 0.1) is 40.3 Å². The number of aliphatic carboxylic acids is 1. The van der Waals surface area contributed by atoms with Gasteiger partial charge in [-0.2, -0.15) is 0 Å². The van der Waals surface area contributed by atoms with Gasteiger partial charge < -0.3 is 33.3 Å². The molecule has 460 valence electrons. The lowest BCUT2D eigenvalue weighted by Crippen LogP contribution is -2.44. The molecule has 0 N–H and O–H groups in total. The Balaban J connectivity index is 4.01. The Morgan fingerprint density at radius 1 is 0.385 bits per heavy atom. The molecule has 9 heteroatoms. The normalized spacial score (nSPS) is 12.8. The maximum absolute atomic E-state index is 12.9. The minimum atomic E-state index is -1.62. The van der Waals surface area contributed by atoms with Gasteiger partial charge in [0.2, 0.25) is 0 Å². The van der Waals surface area contributed by atoms with Crippen LogP contribution in [0.4, 0.5) is 0 Å². The molecule has 2 unspecified atom stereocenters. The molecule has 0 saturated carbocycles. The van der Waals surface area contributed by atoms with Crippen LogP contribution in [0.15, 0.2) is 24.3 Å². The fourth-order valence-corrected chi connectivity index (χ4v) is 10.2. The number of carboxylic acid groups (broad SMARTS) is 1. The van der Waals surface area contributed by atoms with Crippen LogP contribution in [-0.4, -0.2) is 82.3 Å². The first-order chi connectivity index (χ1) is 38.1. The van der Waals surface area contributed by atoms with Crippen molar-refractivity contribution in [2.45, 2.75) is 354 Å². The highest BCUT2D eigenvalue weighted by molar-refractivity contribution is 5.70. The molecule has 0 fully saturated rings. The molecule has 0 spiro atoms. The van der Waals surface area contributed by atoms with Crippen molar-refractivity contribution in [3.05, 3.63) is 24.3 Å². The lowest BCUT2D eigenvalue weighted by atomic mass is 10.0. The molecular weight excluding hydrogens is 971 g/mol. The molecule has 0 radical (unpaired) electrons. The van der Waals surface area contributed by atoms with E-state index in [1.807, 2.05) is 21.1 Å². The number of carboxylic acids is 1. The number of ether oxygens (including phenoxy) is 4. The molecule has 0 aromatic carbocycles. The fourth-order valence-electron chi connectivity index (χ4n) is 10.2. The van der Waals surface area contributed by atoms with E-state index in [1.54, 1.807) is 0 Å². The monoisotopic (exact) mass is 1100 g/mol. The minimum Gasteiger partial charge on any atom is -0.545 e. The number of allylic oxidation sites excluding steroid dienone is 4. The van der Waals surface area contributed by atoms with Crippen LogP contribution >= 0.6 is 0 Å². The summed E-state index contributed by atoms with van der Waals surface area (Å²) in [5.41, 5.74) is 0. The van der Waals surface area contributed by atoms with Crippen LogP contribution in [0.1, 0.15) is 341 Å². The highest BCUT2D eigenvalue weighted by atomic mass is 16.7. The molecule has 2 atom stereocenters. The molecule has 0 aromatic rings. The highest BCUT2D eigenvalue weighted by Crippen LogP contribution is 2.19. The van der Waals surface area contributed by atoms with Crippen LogP contribution in [0, 0.1) is 0 Å². The van der Waals surface area contributed by atoms with E-state index in [0.717, 1.165) is 44.9 Å². The first-order valence-electron chi connectivity index (χ1n) is 34.0. The maximum atomic E-state index is 12.9. The van der Waals surface area contributed by atoms with Crippen molar-refractivity contribution in [3.8, 4) is 0 Å². The highest BCUT2D eigenvalue weighted by Gasteiger charge is 2.22. The van der Waals surface area contributed by atoms with Gasteiger partial charge in [-0.3, -0.25) is 9.59 Å². The van der Waals surface area contributed by atoms with Crippen molar-refractivity contribution >= 4 is 17.9 Å². The van der Waals surface area contributed by atoms with Crippen LogP contribution in [0.25, 0.3) is 0 Å². The third-order valence-corrected chi connectivity index (χ3v) is 15.5. The van der Waals surface area contributed by atoms with E-state index in [1.165, 1.54) is 270 Å². The predicted molar refractivity (Wildman–Crippen MR) is 330 cm³/mol. The molecule has 0 heterocycles. The summed E-state index contributed by atoms with van der Waals surface area (Å²) in [6, 6.07) is 0. The molecule has 0 amide bonds. The summed E-state index contributed by atoms with van der Waals surface area (Å²) in [5, 5.41) is 11.8. The molecule has 0 bridgehead atoms. The molecule has 78 heavy (non-hydrogen) atoms. The molecule has 0 aliphatic carbocycles. The van der Waals surface area contributed by atoms with E-state index in [9.17, 15) is 19.5 Å². The quantitative estimate of drug-likeness (QED) is 0.0195. The van der Waals surface area contributed by atoms with Crippen LogP contribution < -0.4 is 5.11 Å². The van der Waals surface area contributed by atoms with E-state index in [4.69, 9.17) is 18.9 Å². The number of nitrogens with zero attached hydrogens (tertiary/aromatic N) is 1. The number of quaternary nitrogens is 1. The zero-order valence-electron chi connectivity index (χ0n) is 52.6. The first-order valence-corrected chi connectivity index (χ1v) is 34.0. The number of hydrogen-bond donors (Lipinski definition) is 0. The van der Waals surface area contributed by atoms with E-state index in [-0.39, 0.29) is 32.2 Å². The molecule has 0 aromatic heterocycles. The average Bonchev–Trinajstić information content (AvgIpc) is 3.41. The van der Waals surface area contributed by atoms with Crippen LogP contribution in [0.3, 0.4) is 0 Å². The van der Waals surface area contributed by atoms with E-state index >= 15 is 0 Å². The Labute approximate surface area is 484 Å². The topological polar surface area (TPSA) is 111 Å². The third kappa shape index (κ3) is 61.4. The number of likely N-dealkylation sites (N-methyl/N-ethyl adjacent to an activating group) is 1. The zero-order valence-corrected chi connectivity index (χ0v) is 52.6. The summed E-state index contributed by atoms with van der Waals surface area (Å²) >= 11 is 0. The first kappa shape index (κ1) is 75.8. The number of esters is 2. The van der Waals surface area contributed by atoms with Gasteiger partial charge in [-0.1, -0.05) is 308 Å². The summed E-state index contributed by atoms with van der Waals surface area (Å²) in [6.07, 6.45) is 71.2. The maximum Gasteiger partial charge on any atom is 0.306 e. The van der Waals surface area contributed by atoms with Crippen molar-refractivity contribution in [3.63, 3.8) is 0 Å². The van der Waals surface area contributed by atoms with E-state index in [0.29, 0.717) is 17.4 Å². The van der Waals surface area contributed by atoms with Gasteiger partial charge >= 0.3 is 11.9 Å². The Kier molecular flexibility index (Phi) is 59.1. The number of unbranched alkanes of at least 4 members (excludes halogenated alkanes) is 45. The number of hydrogen-bond acceptors (Lipinski definition) is 8. The lowest BCUT2D eigenvalue weighted by Gasteiger charge is -2.26. The van der Waals surface area contributed by atoms with Crippen molar-refractivity contribution in [2.75, 3.05) is 47.5 Å². The second kappa shape index (κ2) is 60.9. The van der Waals surface area contributed by atoms with Gasteiger partial charge in [-0.25, -0.2) is 0 Å². The second-order valence-corrected chi connectivity index (χ2v) is 24.5. The zero-order chi connectivity index (χ0) is 56.9. The number of carbonyl (C=O) groups excluding carboxylic acids is 3. The molecule has 9 nitrogen and oxygen atoms in total. The summed E-state index contributed by atoms with van der Waals surface area (Å²) in [4.78, 5) is 37.4. The Bertz CT molecular complexity index is 1330. The van der Waals surface area contributed by atoms with Gasteiger partial charge in [0.1, 0.15) is 13.2 Å².